The lowest BCUT2D eigenvalue weighted by atomic mass is 10.2. The SMILES string of the molecule is c1ccc2oc(-c3cc4ccccc4s3)cc2c1. The van der Waals surface area contributed by atoms with Gasteiger partial charge in [-0.15, -0.1) is 11.3 Å². The Bertz CT molecular complexity index is 700. The number of hydrogen-bond donors (Lipinski definition) is 0. The van der Waals surface area contributed by atoms with Crippen LogP contribution in [0.1, 0.15) is 0 Å². The van der Waals surface area contributed by atoms with Crippen molar-refractivity contribution in [3.05, 3.63) is 60.7 Å². The van der Waals surface area contributed by atoms with E-state index in [9.17, 15) is 0 Å². The number of benzene rings is 2. The Hall–Kier alpha value is -2.06. The van der Waals surface area contributed by atoms with Crippen LogP contribution in [-0.4, -0.2) is 0 Å². The first-order valence-electron chi connectivity index (χ1n) is 5.88. The Morgan fingerprint density at radius 3 is 2.39 bits per heavy atom. The maximum Gasteiger partial charge on any atom is 0.145 e. The van der Waals surface area contributed by atoms with Crippen molar-refractivity contribution in [3.8, 4) is 10.6 Å². The minimum absolute atomic E-state index is 0.949. The predicted molar refractivity (Wildman–Crippen MR) is 77.0 cm³/mol. The van der Waals surface area contributed by atoms with Gasteiger partial charge in [-0.25, -0.2) is 0 Å². The molecule has 0 radical (unpaired) electrons. The van der Waals surface area contributed by atoms with Crippen LogP contribution in [-0.2, 0) is 0 Å². The zero-order chi connectivity index (χ0) is 11.9. The van der Waals surface area contributed by atoms with E-state index in [1.54, 1.807) is 11.3 Å². The van der Waals surface area contributed by atoms with Crippen molar-refractivity contribution in [1.29, 1.82) is 0 Å². The number of furan rings is 1. The second kappa shape index (κ2) is 3.72. The van der Waals surface area contributed by atoms with Gasteiger partial charge >= 0.3 is 0 Å². The summed E-state index contributed by atoms with van der Waals surface area (Å²) in [5, 5.41) is 2.43. The average Bonchev–Trinajstić information content (AvgIpc) is 3.02. The van der Waals surface area contributed by atoms with Gasteiger partial charge in [0.1, 0.15) is 11.3 Å². The van der Waals surface area contributed by atoms with Crippen molar-refractivity contribution < 1.29 is 4.42 Å². The molecular weight excluding hydrogens is 240 g/mol. The summed E-state index contributed by atoms with van der Waals surface area (Å²) >= 11 is 1.77. The normalized spacial score (nSPS) is 11.3. The Morgan fingerprint density at radius 1 is 0.778 bits per heavy atom. The molecule has 1 nitrogen and oxygen atoms in total. The predicted octanol–water partition coefficient (Wildman–Crippen LogP) is 5.31. The van der Waals surface area contributed by atoms with E-state index < -0.39 is 0 Å². The zero-order valence-corrected chi connectivity index (χ0v) is 10.4. The number of thiophene rings is 1. The fourth-order valence-electron chi connectivity index (χ4n) is 2.21. The summed E-state index contributed by atoms with van der Waals surface area (Å²) in [4.78, 5) is 1.19. The van der Waals surface area contributed by atoms with Crippen LogP contribution in [0.15, 0.2) is 65.1 Å². The van der Waals surface area contributed by atoms with Crippen molar-refractivity contribution in [3.63, 3.8) is 0 Å². The van der Waals surface area contributed by atoms with Crippen molar-refractivity contribution in [2.75, 3.05) is 0 Å². The van der Waals surface area contributed by atoms with E-state index in [-0.39, 0.29) is 0 Å². The summed E-state index contributed by atoms with van der Waals surface area (Å²) in [6.07, 6.45) is 0. The second-order valence-electron chi connectivity index (χ2n) is 4.30. The van der Waals surface area contributed by atoms with Gasteiger partial charge in [-0.1, -0.05) is 36.4 Å². The first kappa shape index (κ1) is 9.92. The van der Waals surface area contributed by atoms with Crippen LogP contribution >= 0.6 is 11.3 Å². The van der Waals surface area contributed by atoms with Gasteiger partial charge in [0.05, 0.1) is 4.88 Å². The van der Waals surface area contributed by atoms with Gasteiger partial charge < -0.3 is 4.42 Å². The fraction of sp³-hybridized carbons (Fsp3) is 0. The highest BCUT2D eigenvalue weighted by Gasteiger charge is 2.08. The Labute approximate surface area is 108 Å². The lowest BCUT2D eigenvalue weighted by Gasteiger charge is -1.87. The van der Waals surface area contributed by atoms with E-state index in [4.69, 9.17) is 4.42 Å². The van der Waals surface area contributed by atoms with Crippen LogP contribution in [0.25, 0.3) is 31.7 Å². The molecule has 0 saturated heterocycles. The third-order valence-electron chi connectivity index (χ3n) is 3.09. The monoisotopic (exact) mass is 250 g/mol. The standard InChI is InChI=1S/C16H10OS/c1-3-7-13-11(5-1)9-14(17-13)16-10-12-6-2-4-8-15(12)18-16/h1-10H. The molecule has 0 aliphatic rings. The third-order valence-corrected chi connectivity index (χ3v) is 4.22. The minimum atomic E-state index is 0.949. The van der Waals surface area contributed by atoms with E-state index in [0.29, 0.717) is 0 Å². The van der Waals surface area contributed by atoms with Crippen LogP contribution < -0.4 is 0 Å². The lowest BCUT2D eigenvalue weighted by molar-refractivity contribution is 0.633. The Morgan fingerprint density at radius 2 is 1.56 bits per heavy atom. The molecule has 0 saturated carbocycles. The summed E-state index contributed by atoms with van der Waals surface area (Å²) in [5.74, 6) is 0.956. The van der Waals surface area contributed by atoms with Crippen molar-refractivity contribution in [2.45, 2.75) is 0 Å². The molecule has 0 spiro atoms. The quantitative estimate of drug-likeness (QED) is 0.446. The minimum Gasteiger partial charge on any atom is -0.455 e. The van der Waals surface area contributed by atoms with Gasteiger partial charge in [0.25, 0.3) is 0 Å². The summed E-state index contributed by atoms with van der Waals surface area (Å²) < 4.78 is 7.19. The molecule has 0 unspecified atom stereocenters. The first-order chi connectivity index (χ1) is 8.90. The molecule has 2 heterocycles. The molecule has 0 fully saturated rings. The van der Waals surface area contributed by atoms with Gasteiger partial charge in [-0.2, -0.15) is 0 Å². The fourth-order valence-corrected chi connectivity index (χ4v) is 3.22. The summed E-state index contributed by atoms with van der Waals surface area (Å²) in [7, 11) is 0. The maximum atomic E-state index is 5.89. The maximum absolute atomic E-state index is 5.89. The third kappa shape index (κ3) is 1.46. The Balaban J connectivity index is 1.95. The largest absolute Gasteiger partial charge is 0.455 e. The van der Waals surface area contributed by atoms with E-state index in [2.05, 4.69) is 42.5 Å². The topological polar surface area (TPSA) is 13.1 Å². The average molecular weight is 250 g/mol. The van der Waals surface area contributed by atoms with Gasteiger partial charge in [0, 0.05) is 10.1 Å². The van der Waals surface area contributed by atoms with Gasteiger partial charge in [0.2, 0.25) is 0 Å². The van der Waals surface area contributed by atoms with Crippen LogP contribution in [0.2, 0.25) is 0 Å². The van der Waals surface area contributed by atoms with E-state index >= 15 is 0 Å². The zero-order valence-electron chi connectivity index (χ0n) is 9.59. The molecule has 0 bridgehead atoms. The van der Waals surface area contributed by atoms with Crippen LogP contribution in [0.4, 0.5) is 0 Å². The van der Waals surface area contributed by atoms with Crippen LogP contribution in [0.3, 0.4) is 0 Å². The molecule has 0 aliphatic carbocycles. The molecule has 18 heavy (non-hydrogen) atoms. The number of hydrogen-bond acceptors (Lipinski definition) is 2. The lowest BCUT2D eigenvalue weighted by Crippen LogP contribution is -1.60. The first-order valence-corrected chi connectivity index (χ1v) is 6.69. The molecule has 0 amide bonds. The van der Waals surface area contributed by atoms with Gasteiger partial charge in [-0.05, 0) is 29.7 Å². The Kier molecular flexibility index (Phi) is 2.05. The van der Waals surface area contributed by atoms with Crippen molar-refractivity contribution in [1.82, 2.24) is 0 Å². The number of rotatable bonds is 1. The summed E-state index contributed by atoms with van der Waals surface area (Å²) in [5.41, 5.74) is 0.949. The molecule has 0 atom stereocenters. The smallest absolute Gasteiger partial charge is 0.145 e. The summed E-state index contributed by atoms with van der Waals surface area (Å²) in [6, 6.07) is 20.8. The molecule has 0 N–H and O–H groups in total. The molecule has 2 aromatic carbocycles. The molecule has 86 valence electrons. The highest BCUT2D eigenvalue weighted by molar-refractivity contribution is 7.22. The van der Waals surface area contributed by atoms with Gasteiger partial charge in [0.15, 0.2) is 0 Å². The molecule has 2 aromatic heterocycles. The van der Waals surface area contributed by atoms with E-state index in [1.165, 1.54) is 15.0 Å². The molecule has 2 heteroatoms. The number of fused-ring (bicyclic) bond motifs is 2. The summed E-state index contributed by atoms with van der Waals surface area (Å²) in [6.45, 7) is 0. The number of para-hydroxylation sites is 1. The van der Waals surface area contributed by atoms with Crippen molar-refractivity contribution in [2.24, 2.45) is 0 Å². The molecule has 4 aromatic rings. The van der Waals surface area contributed by atoms with Gasteiger partial charge in [-0.3, -0.25) is 0 Å². The highest BCUT2D eigenvalue weighted by Crippen LogP contribution is 2.36. The van der Waals surface area contributed by atoms with Crippen LogP contribution in [0, 0.1) is 0 Å². The molecular formula is C16H10OS. The van der Waals surface area contributed by atoms with Crippen LogP contribution in [0.5, 0.6) is 0 Å². The van der Waals surface area contributed by atoms with E-state index in [0.717, 1.165) is 16.7 Å². The van der Waals surface area contributed by atoms with Crippen molar-refractivity contribution >= 4 is 32.4 Å². The second-order valence-corrected chi connectivity index (χ2v) is 5.38. The molecule has 0 aliphatic heterocycles. The van der Waals surface area contributed by atoms with E-state index in [1.807, 2.05) is 18.2 Å². The molecule has 4 rings (SSSR count). The highest BCUT2D eigenvalue weighted by atomic mass is 32.1.